The number of carbonyl (C=O) groups excluding carboxylic acids is 1. The first-order chi connectivity index (χ1) is 8.08. The van der Waals surface area contributed by atoms with Crippen molar-refractivity contribution in [3.63, 3.8) is 0 Å². The van der Waals surface area contributed by atoms with Gasteiger partial charge in [-0.3, -0.25) is 0 Å². The topological polar surface area (TPSA) is 84.6 Å². The lowest BCUT2D eigenvalue weighted by molar-refractivity contribution is 0.0519. The molecule has 0 aliphatic heterocycles. The molecule has 1 atom stereocenters. The van der Waals surface area contributed by atoms with Gasteiger partial charge in [0, 0.05) is 0 Å². The smallest absolute Gasteiger partial charge is 0.360 e. The van der Waals surface area contributed by atoms with E-state index < -0.39 is 5.97 Å². The van der Waals surface area contributed by atoms with E-state index in [2.05, 4.69) is 10.3 Å². The number of hydrogen-bond donors (Lipinski definition) is 2. The van der Waals surface area contributed by atoms with Crippen LogP contribution in [0.15, 0.2) is 10.7 Å². The number of aromatic nitrogens is 1. The summed E-state index contributed by atoms with van der Waals surface area (Å²) < 4.78 is 9.86. The summed E-state index contributed by atoms with van der Waals surface area (Å²) in [5, 5.41) is 12.0. The van der Waals surface area contributed by atoms with Gasteiger partial charge in [0.1, 0.15) is 6.26 Å². The monoisotopic (exact) mass is 242 g/mol. The molecule has 0 radical (unpaired) electrons. The molecule has 0 unspecified atom stereocenters. The number of anilines is 1. The summed E-state index contributed by atoms with van der Waals surface area (Å²) in [5.41, 5.74) is 0.120. The molecule has 1 rings (SSSR count). The first kappa shape index (κ1) is 13.5. The second-order valence-electron chi connectivity index (χ2n) is 3.94. The molecule has 1 aromatic rings. The lowest BCUT2D eigenvalue weighted by Gasteiger charge is -2.18. The van der Waals surface area contributed by atoms with Crippen LogP contribution in [0.25, 0.3) is 0 Å². The zero-order valence-electron chi connectivity index (χ0n) is 10.3. The van der Waals surface area contributed by atoms with Crippen molar-refractivity contribution in [2.45, 2.75) is 26.8 Å². The second kappa shape index (κ2) is 6.24. The molecule has 0 aliphatic carbocycles. The van der Waals surface area contributed by atoms with E-state index in [-0.39, 0.29) is 30.3 Å². The Bertz CT molecular complexity index is 362. The average molecular weight is 242 g/mol. The first-order valence-electron chi connectivity index (χ1n) is 5.58. The molecule has 0 saturated heterocycles. The largest absolute Gasteiger partial charge is 0.461 e. The van der Waals surface area contributed by atoms with Crippen molar-refractivity contribution in [2.24, 2.45) is 5.92 Å². The molecule has 2 N–H and O–H groups in total. The van der Waals surface area contributed by atoms with E-state index in [9.17, 15) is 4.79 Å². The molecule has 0 saturated carbocycles. The van der Waals surface area contributed by atoms with Gasteiger partial charge in [-0.25, -0.2) is 4.79 Å². The molecule has 0 fully saturated rings. The predicted molar refractivity (Wildman–Crippen MR) is 61.8 cm³/mol. The van der Waals surface area contributed by atoms with Crippen molar-refractivity contribution in [1.29, 1.82) is 0 Å². The fourth-order valence-corrected chi connectivity index (χ4v) is 1.22. The number of nitrogens with one attached hydrogen (secondary N) is 1. The van der Waals surface area contributed by atoms with Crippen LogP contribution in [-0.2, 0) is 4.74 Å². The quantitative estimate of drug-likeness (QED) is 0.731. The van der Waals surface area contributed by atoms with E-state index >= 15 is 0 Å². The minimum atomic E-state index is -0.519. The lowest BCUT2D eigenvalue weighted by atomic mass is 10.1. The third kappa shape index (κ3) is 3.74. The highest BCUT2D eigenvalue weighted by molar-refractivity contribution is 5.87. The van der Waals surface area contributed by atoms with Crippen LogP contribution < -0.4 is 5.32 Å². The first-order valence-corrected chi connectivity index (χ1v) is 5.58. The third-order valence-corrected chi connectivity index (χ3v) is 2.30. The number of oxazole rings is 1. The summed E-state index contributed by atoms with van der Waals surface area (Å²) in [6.07, 6.45) is 1.23. The molecule has 96 valence electrons. The van der Waals surface area contributed by atoms with Crippen molar-refractivity contribution in [3.8, 4) is 0 Å². The van der Waals surface area contributed by atoms with Crippen LogP contribution in [0.3, 0.4) is 0 Å². The highest BCUT2D eigenvalue weighted by Crippen LogP contribution is 2.13. The van der Waals surface area contributed by atoms with Gasteiger partial charge in [0.2, 0.25) is 0 Å². The Balaban J connectivity index is 2.64. The Kier molecular flexibility index (Phi) is 4.96. The third-order valence-electron chi connectivity index (χ3n) is 2.30. The molecule has 0 aromatic carbocycles. The van der Waals surface area contributed by atoms with Crippen molar-refractivity contribution in [2.75, 3.05) is 18.5 Å². The normalized spacial score (nSPS) is 12.5. The molecule has 6 heteroatoms. The van der Waals surface area contributed by atoms with Crippen molar-refractivity contribution in [3.05, 3.63) is 12.0 Å². The Labute approximate surface area is 100.0 Å². The highest BCUT2D eigenvalue weighted by Gasteiger charge is 2.17. The molecule has 0 amide bonds. The lowest BCUT2D eigenvalue weighted by Crippen LogP contribution is -2.29. The Morgan fingerprint density at radius 3 is 2.88 bits per heavy atom. The van der Waals surface area contributed by atoms with Crippen LogP contribution in [0, 0.1) is 5.92 Å². The van der Waals surface area contributed by atoms with Crippen molar-refractivity contribution >= 4 is 12.0 Å². The molecular formula is C11H18N2O4. The van der Waals surface area contributed by atoms with Crippen LogP contribution >= 0.6 is 0 Å². The second-order valence-corrected chi connectivity index (χ2v) is 3.94. The van der Waals surface area contributed by atoms with E-state index in [4.69, 9.17) is 14.3 Å². The van der Waals surface area contributed by atoms with E-state index in [1.807, 2.05) is 13.8 Å². The number of rotatable bonds is 6. The van der Waals surface area contributed by atoms with Gasteiger partial charge in [0.15, 0.2) is 5.69 Å². The van der Waals surface area contributed by atoms with E-state index in [0.717, 1.165) is 0 Å². The number of aliphatic hydroxyl groups excluding tert-OH is 1. The summed E-state index contributed by atoms with van der Waals surface area (Å²) in [7, 11) is 0. The average Bonchev–Trinajstić information content (AvgIpc) is 2.74. The molecule has 1 aromatic heterocycles. The minimum Gasteiger partial charge on any atom is -0.461 e. The number of carbonyl (C=O) groups is 1. The van der Waals surface area contributed by atoms with Gasteiger partial charge in [0.05, 0.1) is 19.3 Å². The van der Waals surface area contributed by atoms with Gasteiger partial charge in [-0.15, -0.1) is 0 Å². The van der Waals surface area contributed by atoms with Gasteiger partial charge in [-0.2, -0.15) is 4.98 Å². The maximum atomic E-state index is 11.3. The summed E-state index contributed by atoms with van der Waals surface area (Å²) in [6, 6.07) is 0.0458. The molecule has 6 nitrogen and oxygen atoms in total. The molecule has 0 spiro atoms. The Morgan fingerprint density at radius 1 is 1.65 bits per heavy atom. The zero-order chi connectivity index (χ0) is 12.8. The van der Waals surface area contributed by atoms with Crippen LogP contribution in [0.4, 0.5) is 6.01 Å². The standard InChI is InChI=1S/C11H18N2O4/c1-4-16-10(15)9-6-17-11(13-9)12-8(5-14)7(2)3/h6-8,14H,4-5H2,1-3H3,(H,12,13)/t8-/m1/s1. The Hall–Kier alpha value is -1.56. The minimum absolute atomic E-state index is 0.0329. The van der Waals surface area contributed by atoms with Gasteiger partial charge in [-0.1, -0.05) is 13.8 Å². The summed E-state index contributed by atoms with van der Waals surface area (Å²) >= 11 is 0. The maximum Gasteiger partial charge on any atom is 0.360 e. The molecule has 1 heterocycles. The van der Waals surface area contributed by atoms with Gasteiger partial charge >= 0.3 is 5.97 Å². The predicted octanol–water partition coefficient (Wildman–Crippen LogP) is 1.28. The summed E-state index contributed by atoms with van der Waals surface area (Å²) in [4.78, 5) is 15.3. The van der Waals surface area contributed by atoms with Crippen LogP contribution in [0.1, 0.15) is 31.3 Å². The number of nitrogens with zero attached hydrogens (tertiary/aromatic N) is 1. The van der Waals surface area contributed by atoms with Crippen LogP contribution in [0.5, 0.6) is 0 Å². The van der Waals surface area contributed by atoms with Crippen LogP contribution in [0.2, 0.25) is 0 Å². The van der Waals surface area contributed by atoms with Gasteiger partial charge in [0.25, 0.3) is 6.01 Å². The van der Waals surface area contributed by atoms with E-state index in [1.165, 1.54) is 6.26 Å². The van der Waals surface area contributed by atoms with Gasteiger partial charge < -0.3 is 19.6 Å². The summed E-state index contributed by atoms with van der Waals surface area (Å²) in [5.74, 6) is -0.299. The summed E-state index contributed by atoms with van der Waals surface area (Å²) in [6.45, 7) is 5.90. The van der Waals surface area contributed by atoms with E-state index in [1.54, 1.807) is 6.92 Å². The van der Waals surface area contributed by atoms with Crippen molar-refractivity contribution < 1.29 is 19.1 Å². The van der Waals surface area contributed by atoms with Crippen LogP contribution in [-0.4, -0.2) is 35.3 Å². The molecule has 0 bridgehead atoms. The zero-order valence-corrected chi connectivity index (χ0v) is 10.3. The number of ether oxygens (including phenoxy) is 1. The maximum absolute atomic E-state index is 11.3. The highest BCUT2D eigenvalue weighted by atomic mass is 16.5. The number of esters is 1. The fourth-order valence-electron chi connectivity index (χ4n) is 1.22. The molecule has 17 heavy (non-hydrogen) atoms. The molecular weight excluding hydrogens is 224 g/mol. The van der Waals surface area contributed by atoms with Gasteiger partial charge in [-0.05, 0) is 12.8 Å². The SMILES string of the molecule is CCOC(=O)c1coc(N[C@H](CO)C(C)C)n1. The fraction of sp³-hybridized carbons (Fsp3) is 0.636. The molecule has 0 aliphatic rings. The number of aliphatic hydroxyl groups is 1. The van der Waals surface area contributed by atoms with Crippen molar-refractivity contribution in [1.82, 2.24) is 4.98 Å². The Morgan fingerprint density at radius 2 is 2.35 bits per heavy atom. The number of hydrogen-bond acceptors (Lipinski definition) is 6. The van der Waals surface area contributed by atoms with E-state index in [0.29, 0.717) is 6.61 Å².